The second-order valence-corrected chi connectivity index (χ2v) is 6.46. The predicted molar refractivity (Wildman–Crippen MR) is 97.9 cm³/mol. The molecule has 1 nitrogen and oxygen atoms in total. The Hall–Kier alpha value is -0.800. The first-order valence-corrected chi connectivity index (χ1v) is 8.22. The molecule has 1 aromatic carbocycles. The molecule has 0 heterocycles. The third-order valence-corrected chi connectivity index (χ3v) is 4.62. The zero-order valence-electron chi connectivity index (χ0n) is 12.9. The van der Waals surface area contributed by atoms with E-state index in [1.807, 2.05) is 0 Å². The zero-order valence-corrected chi connectivity index (χ0v) is 14.5. The van der Waals surface area contributed by atoms with Crippen LogP contribution in [-0.2, 0) is 6.42 Å². The van der Waals surface area contributed by atoms with Gasteiger partial charge < -0.3 is 5.32 Å². The maximum absolute atomic E-state index is 5.56. The highest BCUT2D eigenvalue weighted by atomic mass is 32.1. The van der Waals surface area contributed by atoms with Gasteiger partial charge in [0, 0.05) is 22.9 Å². The molecule has 0 bridgehead atoms. The molecule has 0 aliphatic carbocycles. The van der Waals surface area contributed by atoms with Crippen molar-refractivity contribution in [2.45, 2.75) is 47.0 Å². The van der Waals surface area contributed by atoms with Crippen molar-refractivity contribution in [3.05, 3.63) is 29.8 Å². The lowest BCUT2D eigenvalue weighted by atomic mass is 9.94. The molecule has 0 radical (unpaired) electrons. The minimum Gasteiger partial charge on any atom is -0.350 e. The van der Waals surface area contributed by atoms with Crippen molar-refractivity contribution < 1.29 is 0 Å². The van der Waals surface area contributed by atoms with E-state index in [9.17, 15) is 0 Å². The van der Waals surface area contributed by atoms with E-state index in [0.29, 0.717) is 11.8 Å². The van der Waals surface area contributed by atoms with Crippen molar-refractivity contribution in [2.24, 2.45) is 11.8 Å². The van der Waals surface area contributed by atoms with E-state index in [4.69, 9.17) is 24.4 Å². The van der Waals surface area contributed by atoms with E-state index in [0.717, 1.165) is 29.9 Å². The van der Waals surface area contributed by atoms with Gasteiger partial charge in [-0.3, -0.25) is 0 Å². The smallest absolute Gasteiger partial charge is 0.0823 e. The molecule has 0 amide bonds. The zero-order chi connectivity index (χ0) is 15.1. The topological polar surface area (TPSA) is 12.0 Å². The number of hydrogen-bond acceptors (Lipinski definition) is 2. The number of rotatable bonds is 7. The molecule has 0 fully saturated rings. The van der Waals surface area contributed by atoms with Gasteiger partial charge in [-0.1, -0.05) is 64.3 Å². The Morgan fingerprint density at radius 3 is 2.05 bits per heavy atom. The van der Waals surface area contributed by atoms with Gasteiger partial charge in [-0.2, -0.15) is 0 Å². The van der Waals surface area contributed by atoms with Crippen LogP contribution in [0.25, 0.3) is 0 Å². The van der Waals surface area contributed by atoms with Crippen molar-refractivity contribution in [2.75, 3.05) is 5.32 Å². The first kappa shape index (κ1) is 17.3. The van der Waals surface area contributed by atoms with Gasteiger partial charge in [0.25, 0.3) is 0 Å². The van der Waals surface area contributed by atoms with E-state index in [2.05, 4.69) is 57.3 Å². The largest absolute Gasteiger partial charge is 0.350 e. The Bertz CT molecular complexity index is 445. The van der Waals surface area contributed by atoms with Crippen LogP contribution in [0.1, 0.15) is 46.1 Å². The number of thiocarbonyl (C=S) groups is 2. The fourth-order valence-corrected chi connectivity index (χ4v) is 2.70. The maximum atomic E-state index is 5.56. The first-order valence-electron chi connectivity index (χ1n) is 7.40. The third kappa shape index (κ3) is 5.29. The Kier molecular flexibility index (Phi) is 7.31. The number of nitrogens with one attached hydrogen (secondary N) is 1. The fourth-order valence-electron chi connectivity index (χ4n) is 2.08. The second-order valence-electron chi connectivity index (χ2n) is 5.50. The molecule has 1 rings (SSSR count). The van der Waals surface area contributed by atoms with Crippen LogP contribution in [0.2, 0.25) is 0 Å². The van der Waals surface area contributed by atoms with Gasteiger partial charge >= 0.3 is 0 Å². The van der Waals surface area contributed by atoms with Crippen LogP contribution in [0.4, 0.5) is 5.69 Å². The lowest BCUT2D eigenvalue weighted by Crippen LogP contribution is -2.15. The number of hydrogen-bond donors (Lipinski definition) is 1. The van der Waals surface area contributed by atoms with Crippen molar-refractivity contribution in [3.8, 4) is 0 Å². The summed E-state index contributed by atoms with van der Waals surface area (Å²) < 4.78 is 0. The molecule has 110 valence electrons. The van der Waals surface area contributed by atoms with Gasteiger partial charge in [-0.25, -0.2) is 0 Å². The van der Waals surface area contributed by atoms with Crippen LogP contribution in [0.3, 0.4) is 0 Å². The molecule has 0 aliphatic rings. The molecule has 0 unspecified atom stereocenters. The Morgan fingerprint density at radius 2 is 1.60 bits per heavy atom. The molecule has 0 saturated heterocycles. The van der Waals surface area contributed by atoms with Gasteiger partial charge in [0.15, 0.2) is 0 Å². The molecule has 1 aromatic rings. The van der Waals surface area contributed by atoms with Crippen LogP contribution >= 0.6 is 24.4 Å². The second kappa shape index (κ2) is 8.48. The number of anilines is 1. The van der Waals surface area contributed by atoms with E-state index >= 15 is 0 Å². The van der Waals surface area contributed by atoms with Gasteiger partial charge in [0.1, 0.15) is 0 Å². The molecular formula is C17H25NS2. The Balaban J connectivity index is 2.63. The van der Waals surface area contributed by atoms with Crippen molar-refractivity contribution in [1.29, 1.82) is 0 Å². The summed E-state index contributed by atoms with van der Waals surface area (Å²) in [6.45, 7) is 8.61. The van der Waals surface area contributed by atoms with Crippen molar-refractivity contribution in [1.82, 2.24) is 0 Å². The SMILES string of the molecule is CCC(CC)C(=S)Cc1ccc(NC(=S)C(C)C)cc1. The fraction of sp³-hybridized carbons (Fsp3) is 0.529. The highest BCUT2D eigenvalue weighted by molar-refractivity contribution is 7.80. The van der Waals surface area contributed by atoms with Gasteiger partial charge in [0.05, 0.1) is 4.99 Å². The summed E-state index contributed by atoms with van der Waals surface area (Å²) in [5, 5.41) is 3.27. The minimum atomic E-state index is 0.368. The Morgan fingerprint density at radius 1 is 1.05 bits per heavy atom. The van der Waals surface area contributed by atoms with Crippen molar-refractivity contribution in [3.63, 3.8) is 0 Å². The lowest BCUT2D eigenvalue weighted by Gasteiger charge is -2.15. The Labute approximate surface area is 134 Å². The predicted octanol–water partition coefficient (Wildman–Crippen LogP) is 5.43. The lowest BCUT2D eigenvalue weighted by molar-refractivity contribution is 0.643. The minimum absolute atomic E-state index is 0.368. The van der Waals surface area contributed by atoms with Crippen LogP contribution in [-0.4, -0.2) is 9.85 Å². The van der Waals surface area contributed by atoms with Gasteiger partial charge in [-0.05, 0) is 36.5 Å². The van der Waals surface area contributed by atoms with Crippen LogP contribution in [0.5, 0.6) is 0 Å². The summed E-state index contributed by atoms with van der Waals surface area (Å²) in [4.78, 5) is 2.05. The van der Waals surface area contributed by atoms with Gasteiger partial charge in [0.2, 0.25) is 0 Å². The maximum Gasteiger partial charge on any atom is 0.0823 e. The van der Waals surface area contributed by atoms with Crippen LogP contribution < -0.4 is 5.32 Å². The van der Waals surface area contributed by atoms with E-state index in [-0.39, 0.29) is 0 Å². The molecule has 3 heteroatoms. The summed E-state index contributed by atoms with van der Waals surface area (Å²) >= 11 is 10.9. The molecule has 0 atom stereocenters. The highest BCUT2D eigenvalue weighted by Gasteiger charge is 2.10. The summed E-state index contributed by atoms with van der Waals surface area (Å²) in [6, 6.07) is 8.44. The number of benzene rings is 1. The van der Waals surface area contributed by atoms with E-state index in [1.54, 1.807) is 0 Å². The molecule has 0 aliphatic heterocycles. The standard InChI is InChI=1S/C17H25NS2/c1-5-14(6-2)16(19)11-13-7-9-15(10-8-13)18-17(20)12(3)4/h7-10,12,14H,5-6,11H2,1-4H3,(H,18,20). The van der Waals surface area contributed by atoms with E-state index in [1.165, 1.54) is 10.4 Å². The molecule has 20 heavy (non-hydrogen) atoms. The normalized spacial score (nSPS) is 10.9. The summed E-state index contributed by atoms with van der Waals surface area (Å²) in [5.41, 5.74) is 2.34. The summed E-state index contributed by atoms with van der Waals surface area (Å²) in [7, 11) is 0. The summed E-state index contributed by atoms with van der Waals surface area (Å²) in [5.74, 6) is 0.934. The molecule has 0 saturated carbocycles. The quantitative estimate of drug-likeness (QED) is 0.675. The van der Waals surface area contributed by atoms with Gasteiger partial charge in [-0.15, -0.1) is 0 Å². The van der Waals surface area contributed by atoms with Crippen molar-refractivity contribution >= 4 is 40.0 Å². The van der Waals surface area contributed by atoms with Crippen LogP contribution in [0.15, 0.2) is 24.3 Å². The average molecular weight is 308 g/mol. The molecule has 0 aromatic heterocycles. The average Bonchev–Trinajstić information content (AvgIpc) is 2.42. The highest BCUT2D eigenvalue weighted by Crippen LogP contribution is 2.17. The van der Waals surface area contributed by atoms with Crippen LogP contribution in [0, 0.1) is 11.8 Å². The first-order chi connectivity index (χ1) is 9.47. The monoisotopic (exact) mass is 307 g/mol. The summed E-state index contributed by atoms with van der Waals surface area (Å²) in [6.07, 6.45) is 3.17. The molecular weight excluding hydrogens is 282 g/mol. The van der Waals surface area contributed by atoms with E-state index < -0.39 is 0 Å². The third-order valence-electron chi connectivity index (χ3n) is 3.57. The molecule has 1 N–H and O–H groups in total. The molecule has 0 spiro atoms.